The number of rotatable bonds is 8. The zero-order chi connectivity index (χ0) is 20.0. The lowest BCUT2D eigenvalue weighted by Crippen LogP contribution is -2.29. The number of ether oxygens (including phenoxy) is 2. The monoisotopic (exact) mass is 376 g/mol. The van der Waals surface area contributed by atoms with E-state index >= 15 is 0 Å². The highest BCUT2D eigenvalue weighted by Gasteiger charge is 2.23. The molecule has 10 heteroatoms. The van der Waals surface area contributed by atoms with E-state index in [1.54, 1.807) is 31.4 Å². The summed E-state index contributed by atoms with van der Waals surface area (Å²) in [6.07, 6.45) is 0. The van der Waals surface area contributed by atoms with E-state index in [-0.39, 0.29) is 30.2 Å². The molecular weight excluding hydrogens is 356 g/mol. The first-order chi connectivity index (χ1) is 12.8. The minimum Gasteiger partial charge on any atom is -0.497 e. The van der Waals surface area contributed by atoms with Gasteiger partial charge in [-0.15, -0.1) is 0 Å². The predicted octanol–water partition coefficient (Wildman–Crippen LogP) is 1.28. The minimum atomic E-state index is -0.713. The van der Waals surface area contributed by atoms with Gasteiger partial charge in [0.15, 0.2) is 6.61 Å². The molecule has 0 aliphatic rings. The van der Waals surface area contributed by atoms with E-state index in [9.17, 15) is 19.7 Å². The van der Waals surface area contributed by atoms with Crippen molar-refractivity contribution < 1.29 is 24.0 Å². The summed E-state index contributed by atoms with van der Waals surface area (Å²) in [6.45, 7) is 2.50. The third-order valence-electron chi connectivity index (χ3n) is 3.82. The maximum Gasteiger partial charge on any atom is 0.328 e. The number of aryl methyl sites for hydroxylation is 1. The normalized spacial score (nSPS) is 10.3. The summed E-state index contributed by atoms with van der Waals surface area (Å²) >= 11 is 0. The van der Waals surface area contributed by atoms with Crippen molar-refractivity contribution in [1.29, 1.82) is 0 Å². The average Bonchev–Trinajstić information content (AvgIpc) is 2.92. The summed E-state index contributed by atoms with van der Waals surface area (Å²) < 4.78 is 11.1. The van der Waals surface area contributed by atoms with Crippen LogP contribution in [0.5, 0.6) is 5.75 Å². The second kappa shape index (κ2) is 8.79. The van der Waals surface area contributed by atoms with E-state index in [2.05, 4.69) is 10.4 Å². The predicted molar refractivity (Wildman–Crippen MR) is 94.2 cm³/mol. The molecule has 0 saturated heterocycles. The highest BCUT2D eigenvalue weighted by molar-refractivity contribution is 5.80. The molecule has 0 unspecified atom stereocenters. The van der Waals surface area contributed by atoms with Gasteiger partial charge in [0.05, 0.1) is 12.0 Å². The standard InChI is InChI=1S/C17H20N4O6/c1-11-17(21(24)25)12(2)20(19-11)9-16(23)27-10-15(22)18-8-13-4-6-14(26-3)7-5-13/h4-7H,8-10H2,1-3H3,(H,18,22). The number of nitrogens with zero attached hydrogens (tertiary/aromatic N) is 3. The topological polar surface area (TPSA) is 126 Å². The molecule has 0 radical (unpaired) electrons. The van der Waals surface area contributed by atoms with Gasteiger partial charge in [-0.1, -0.05) is 12.1 Å². The Morgan fingerprint density at radius 1 is 1.26 bits per heavy atom. The summed E-state index contributed by atoms with van der Waals surface area (Å²) in [7, 11) is 1.56. The van der Waals surface area contributed by atoms with E-state index in [4.69, 9.17) is 9.47 Å². The van der Waals surface area contributed by atoms with Gasteiger partial charge >= 0.3 is 11.7 Å². The van der Waals surface area contributed by atoms with Crippen LogP contribution in [-0.4, -0.2) is 40.3 Å². The van der Waals surface area contributed by atoms with Crippen molar-refractivity contribution >= 4 is 17.6 Å². The van der Waals surface area contributed by atoms with Gasteiger partial charge in [-0.25, -0.2) is 0 Å². The fourth-order valence-electron chi connectivity index (χ4n) is 2.41. The number of nitrogens with one attached hydrogen (secondary N) is 1. The van der Waals surface area contributed by atoms with Crippen molar-refractivity contribution in [3.8, 4) is 5.75 Å². The molecule has 1 N–H and O–H groups in total. The third kappa shape index (κ3) is 5.27. The lowest BCUT2D eigenvalue weighted by Gasteiger charge is -2.08. The quantitative estimate of drug-likeness (QED) is 0.418. The number of hydrogen-bond acceptors (Lipinski definition) is 7. The molecule has 1 amide bonds. The first-order valence-electron chi connectivity index (χ1n) is 8.05. The van der Waals surface area contributed by atoms with Crippen molar-refractivity contribution in [2.24, 2.45) is 0 Å². The molecule has 0 aliphatic heterocycles. The smallest absolute Gasteiger partial charge is 0.328 e. The van der Waals surface area contributed by atoms with Gasteiger partial charge < -0.3 is 14.8 Å². The maximum absolute atomic E-state index is 11.9. The molecule has 1 aromatic heterocycles. The van der Waals surface area contributed by atoms with Crippen LogP contribution in [0.2, 0.25) is 0 Å². The Morgan fingerprint density at radius 3 is 2.48 bits per heavy atom. The molecule has 0 bridgehead atoms. The van der Waals surface area contributed by atoms with Crippen LogP contribution in [0.15, 0.2) is 24.3 Å². The van der Waals surface area contributed by atoms with Crippen molar-refractivity contribution in [3.63, 3.8) is 0 Å². The van der Waals surface area contributed by atoms with Crippen molar-refractivity contribution in [1.82, 2.24) is 15.1 Å². The molecule has 0 fully saturated rings. The van der Waals surface area contributed by atoms with Crippen LogP contribution in [0.25, 0.3) is 0 Å². The zero-order valence-corrected chi connectivity index (χ0v) is 15.2. The molecule has 1 aromatic carbocycles. The molecule has 0 saturated carbocycles. The van der Waals surface area contributed by atoms with Crippen LogP contribution in [-0.2, 0) is 27.4 Å². The minimum absolute atomic E-state index is 0.139. The average molecular weight is 376 g/mol. The van der Waals surface area contributed by atoms with Crippen LogP contribution in [0.4, 0.5) is 5.69 Å². The lowest BCUT2D eigenvalue weighted by atomic mass is 10.2. The van der Waals surface area contributed by atoms with E-state index in [0.29, 0.717) is 5.75 Å². The largest absolute Gasteiger partial charge is 0.497 e. The molecule has 2 rings (SSSR count). The molecule has 1 heterocycles. The molecule has 0 atom stereocenters. The maximum atomic E-state index is 11.9. The number of hydrogen-bond donors (Lipinski definition) is 1. The highest BCUT2D eigenvalue weighted by atomic mass is 16.6. The van der Waals surface area contributed by atoms with E-state index in [0.717, 1.165) is 5.56 Å². The van der Waals surface area contributed by atoms with Crippen molar-refractivity contribution in [2.75, 3.05) is 13.7 Å². The Labute approximate surface area is 155 Å². The number of nitro groups is 1. The van der Waals surface area contributed by atoms with E-state index in [1.165, 1.54) is 18.5 Å². The van der Waals surface area contributed by atoms with Gasteiger partial charge in [0, 0.05) is 6.54 Å². The number of amides is 1. The number of esters is 1. The third-order valence-corrected chi connectivity index (χ3v) is 3.82. The van der Waals surface area contributed by atoms with Gasteiger partial charge in [0.1, 0.15) is 23.7 Å². The summed E-state index contributed by atoms with van der Waals surface area (Å²) in [5, 5.41) is 17.5. The van der Waals surface area contributed by atoms with Crippen molar-refractivity contribution in [2.45, 2.75) is 26.9 Å². The fourth-order valence-corrected chi connectivity index (χ4v) is 2.41. The number of aromatic nitrogens is 2. The second-order valence-electron chi connectivity index (χ2n) is 5.72. The highest BCUT2D eigenvalue weighted by Crippen LogP contribution is 2.21. The Bertz CT molecular complexity index is 844. The molecular formula is C17H20N4O6. The molecule has 0 aliphatic carbocycles. The number of carbonyl (C=O) groups is 2. The summed E-state index contributed by atoms with van der Waals surface area (Å²) in [6, 6.07) is 7.16. The second-order valence-corrected chi connectivity index (χ2v) is 5.72. The molecule has 10 nitrogen and oxygen atoms in total. The van der Waals surface area contributed by atoms with E-state index in [1.807, 2.05) is 0 Å². The van der Waals surface area contributed by atoms with Gasteiger partial charge in [0.2, 0.25) is 0 Å². The summed E-state index contributed by atoms with van der Waals surface area (Å²) in [5.41, 5.74) is 1.19. The summed E-state index contributed by atoms with van der Waals surface area (Å²) in [4.78, 5) is 34.1. The van der Waals surface area contributed by atoms with E-state index < -0.39 is 23.4 Å². The molecule has 144 valence electrons. The number of methoxy groups -OCH3 is 1. The Balaban J connectivity index is 1.80. The fraction of sp³-hybridized carbons (Fsp3) is 0.353. The first-order valence-corrected chi connectivity index (χ1v) is 8.05. The SMILES string of the molecule is COc1ccc(CNC(=O)COC(=O)Cn2nc(C)c([N+](=O)[O-])c2C)cc1. The van der Waals surface area contributed by atoms with Gasteiger partial charge in [-0.2, -0.15) is 5.10 Å². The molecule has 2 aromatic rings. The lowest BCUT2D eigenvalue weighted by molar-refractivity contribution is -0.386. The van der Waals surface area contributed by atoms with Crippen LogP contribution in [0, 0.1) is 24.0 Å². The first kappa shape index (κ1) is 19.9. The molecule has 0 spiro atoms. The molecule has 27 heavy (non-hydrogen) atoms. The number of benzene rings is 1. The Hall–Kier alpha value is -3.43. The number of carbonyl (C=O) groups excluding carboxylic acids is 2. The Morgan fingerprint density at radius 2 is 1.93 bits per heavy atom. The van der Waals surface area contributed by atoms with Crippen LogP contribution in [0.3, 0.4) is 0 Å². The Kier molecular flexibility index (Phi) is 6.47. The van der Waals surface area contributed by atoms with Gasteiger partial charge in [-0.3, -0.25) is 24.4 Å². The zero-order valence-electron chi connectivity index (χ0n) is 15.2. The van der Waals surface area contributed by atoms with Crippen LogP contribution >= 0.6 is 0 Å². The van der Waals surface area contributed by atoms with Gasteiger partial charge in [0.25, 0.3) is 5.91 Å². The van der Waals surface area contributed by atoms with Gasteiger partial charge in [-0.05, 0) is 31.5 Å². The van der Waals surface area contributed by atoms with Crippen molar-refractivity contribution in [3.05, 3.63) is 51.3 Å². The van der Waals surface area contributed by atoms with Crippen LogP contribution < -0.4 is 10.1 Å². The van der Waals surface area contributed by atoms with Crippen LogP contribution in [0.1, 0.15) is 17.0 Å². The summed E-state index contributed by atoms with van der Waals surface area (Å²) in [5.74, 6) is -0.461.